The van der Waals surface area contributed by atoms with Crippen molar-refractivity contribution in [1.82, 2.24) is 0 Å². The molecule has 0 aromatic rings. The molecule has 0 saturated heterocycles. The minimum atomic E-state index is -0.317. The average molecular weight is 288 g/mol. The monoisotopic (exact) mass is 288 g/mol. The molecule has 6 nitrogen and oxygen atoms in total. The molecule has 0 amide bonds. The number of carbonyl (C=O) groups excluding carboxylic acids is 3. The predicted molar refractivity (Wildman–Crippen MR) is 71.9 cm³/mol. The molecule has 0 aromatic carbocycles. The summed E-state index contributed by atoms with van der Waals surface area (Å²) >= 11 is 0. The molecule has 0 fully saturated rings. The van der Waals surface area contributed by atoms with Gasteiger partial charge in [-0.25, -0.2) is 0 Å². The molecule has 0 aromatic heterocycles. The van der Waals surface area contributed by atoms with Crippen LogP contribution in [0.15, 0.2) is 0 Å². The average Bonchev–Trinajstić information content (AvgIpc) is 2.32. The lowest BCUT2D eigenvalue weighted by Crippen LogP contribution is -2.17. The van der Waals surface area contributed by atoms with Gasteiger partial charge in [0.05, 0.1) is 13.2 Å². The summed E-state index contributed by atoms with van der Waals surface area (Å²) in [5.41, 5.74) is 0. The molecule has 0 N–H and O–H groups in total. The summed E-state index contributed by atoms with van der Waals surface area (Å²) < 4.78 is 14.9. The largest absolute Gasteiger partial charge is 0.466 e. The Morgan fingerprint density at radius 1 is 0.750 bits per heavy atom. The second-order valence-corrected chi connectivity index (χ2v) is 4.55. The molecule has 6 heteroatoms. The van der Waals surface area contributed by atoms with Gasteiger partial charge in [-0.3, -0.25) is 14.4 Å². The van der Waals surface area contributed by atoms with Gasteiger partial charge in [0.2, 0.25) is 0 Å². The van der Waals surface area contributed by atoms with Gasteiger partial charge in [0.15, 0.2) is 0 Å². The van der Waals surface area contributed by atoms with Crippen LogP contribution < -0.4 is 0 Å². The van der Waals surface area contributed by atoms with Crippen molar-refractivity contribution in [3.05, 3.63) is 0 Å². The molecule has 0 bridgehead atoms. The molecule has 0 aliphatic heterocycles. The second kappa shape index (κ2) is 11.3. The van der Waals surface area contributed by atoms with Gasteiger partial charge in [-0.2, -0.15) is 0 Å². The van der Waals surface area contributed by atoms with E-state index >= 15 is 0 Å². The quantitative estimate of drug-likeness (QED) is 0.347. The molecular formula is C14H24O6. The Labute approximate surface area is 119 Å². The number of hydrogen-bond acceptors (Lipinski definition) is 6. The first-order valence-electron chi connectivity index (χ1n) is 6.85. The highest BCUT2D eigenvalue weighted by Gasteiger charge is 2.12. The van der Waals surface area contributed by atoms with Gasteiger partial charge in [-0.1, -0.05) is 0 Å². The molecule has 0 saturated carbocycles. The summed E-state index contributed by atoms with van der Waals surface area (Å²) in [5.74, 6) is -0.916. The third-order valence-electron chi connectivity index (χ3n) is 2.53. The van der Waals surface area contributed by atoms with Gasteiger partial charge < -0.3 is 14.2 Å². The van der Waals surface area contributed by atoms with Gasteiger partial charge in [0.25, 0.3) is 0 Å². The summed E-state index contributed by atoms with van der Waals surface area (Å²) in [6, 6.07) is 0. The Morgan fingerprint density at radius 2 is 1.25 bits per heavy atom. The van der Waals surface area contributed by atoms with Crippen molar-refractivity contribution in [2.45, 2.75) is 59.0 Å². The van der Waals surface area contributed by atoms with E-state index in [1.807, 2.05) is 0 Å². The van der Waals surface area contributed by atoms with Gasteiger partial charge in [-0.05, 0) is 32.1 Å². The summed E-state index contributed by atoms with van der Waals surface area (Å²) in [6.07, 6.45) is 3.38. The molecule has 0 spiro atoms. The van der Waals surface area contributed by atoms with E-state index in [1.54, 1.807) is 0 Å². The highest BCUT2D eigenvalue weighted by Crippen LogP contribution is 2.12. The first-order valence-corrected chi connectivity index (χ1v) is 6.85. The van der Waals surface area contributed by atoms with Crippen LogP contribution in [-0.4, -0.2) is 37.2 Å². The molecule has 1 atom stereocenters. The lowest BCUT2D eigenvalue weighted by molar-refractivity contribution is -0.148. The fourth-order valence-corrected chi connectivity index (χ4v) is 1.71. The summed E-state index contributed by atoms with van der Waals surface area (Å²) in [6.45, 7) is 4.82. The summed E-state index contributed by atoms with van der Waals surface area (Å²) in [7, 11) is 0. The maximum atomic E-state index is 11.0. The minimum absolute atomic E-state index is 0.180. The van der Waals surface area contributed by atoms with E-state index < -0.39 is 0 Å². The van der Waals surface area contributed by atoms with E-state index in [9.17, 15) is 14.4 Å². The van der Waals surface area contributed by atoms with Gasteiger partial charge >= 0.3 is 17.9 Å². The molecule has 0 heterocycles. The second-order valence-electron chi connectivity index (χ2n) is 4.55. The first-order chi connectivity index (χ1) is 9.41. The van der Waals surface area contributed by atoms with Crippen LogP contribution in [0.1, 0.15) is 52.9 Å². The van der Waals surface area contributed by atoms with Crippen LogP contribution in [0.3, 0.4) is 0 Å². The van der Waals surface area contributed by atoms with Crippen molar-refractivity contribution in [2.24, 2.45) is 0 Å². The zero-order valence-corrected chi connectivity index (χ0v) is 12.5. The van der Waals surface area contributed by atoms with Gasteiger partial charge in [0, 0.05) is 20.8 Å². The van der Waals surface area contributed by atoms with E-state index in [0.29, 0.717) is 32.5 Å². The lowest BCUT2D eigenvalue weighted by Gasteiger charge is -2.16. The lowest BCUT2D eigenvalue weighted by atomic mass is 10.1. The SMILES string of the molecule is CC(=O)OCCCC[C@@H](CCCOC(C)=O)OC(C)=O. The molecular weight excluding hydrogens is 264 g/mol. The normalized spacial score (nSPS) is 11.6. The maximum absolute atomic E-state index is 11.0. The van der Waals surface area contributed by atoms with Crippen LogP contribution >= 0.6 is 0 Å². The van der Waals surface area contributed by atoms with Crippen molar-refractivity contribution in [3.63, 3.8) is 0 Å². The van der Waals surface area contributed by atoms with Gasteiger partial charge in [0.1, 0.15) is 6.10 Å². The number of esters is 3. The third kappa shape index (κ3) is 12.9. The molecule has 0 unspecified atom stereocenters. The van der Waals surface area contributed by atoms with Crippen molar-refractivity contribution < 1.29 is 28.6 Å². The molecule has 116 valence electrons. The van der Waals surface area contributed by atoms with E-state index in [4.69, 9.17) is 14.2 Å². The van der Waals surface area contributed by atoms with E-state index in [1.165, 1.54) is 20.8 Å². The van der Waals surface area contributed by atoms with Crippen LogP contribution in [0.25, 0.3) is 0 Å². The fraction of sp³-hybridized carbons (Fsp3) is 0.786. The van der Waals surface area contributed by atoms with Gasteiger partial charge in [-0.15, -0.1) is 0 Å². The summed E-state index contributed by atoms with van der Waals surface area (Å²) in [4.78, 5) is 32.2. The van der Waals surface area contributed by atoms with Crippen molar-refractivity contribution in [1.29, 1.82) is 0 Å². The predicted octanol–water partition coefficient (Wildman–Crippen LogP) is 1.99. The molecule has 20 heavy (non-hydrogen) atoms. The smallest absolute Gasteiger partial charge is 0.302 e. The van der Waals surface area contributed by atoms with Crippen LogP contribution in [0, 0.1) is 0 Å². The Balaban J connectivity index is 3.81. The Hall–Kier alpha value is -1.59. The molecule has 0 rings (SSSR count). The first kappa shape index (κ1) is 18.4. The number of carbonyl (C=O) groups is 3. The number of unbranched alkanes of at least 4 members (excludes halogenated alkanes) is 1. The third-order valence-corrected chi connectivity index (χ3v) is 2.53. The zero-order valence-electron chi connectivity index (χ0n) is 12.5. The van der Waals surface area contributed by atoms with E-state index in [2.05, 4.69) is 0 Å². The Morgan fingerprint density at radius 3 is 1.75 bits per heavy atom. The zero-order chi connectivity index (χ0) is 15.4. The van der Waals surface area contributed by atoms with Crippen molar-refractivity contribution >= 4 is 17.9 Å². The van der Waals surface area contributed by atoms with Crippen molar-refractivity contribution in [3.8, 4) is 0 Å². The van der Waals surface area contributed by atoms with Crippen LogP contribution in [0.2, 0.25) is 0 Å². The molecule has 0 aliphatic rings. The standard InChI is InChI=1S/C14H24O6/c1-11(15)18-9-5-4-7-14(20-13(3)17)8-6-10-19-12(2)16/h14H,4-10H2,1-3H3/t14-/m0/s1. The maximum Gasteiger partial charge on any atom is 0.302 e. The molecule has 0 aliphatic carbocycles. The van der Waals surface area contributed by atoms with Crippen LogP contribution in [-0.2, 0) is 28.6 Å². The minimum Gasteiger partial charge on any atom is -0.466 e. The fourth-order valence-electron chi connectivity index (χ4n) is 1.71. The Bertz CT molecular complexity index is 313. The van der Waals surface area contributed by atoms with Crippen molar-refractivity contribution in [2.75, 3.05) is 13.2 Å². The van der Waals surface area contributed by atoms with Crippen LogP contribution in [0.5, 0.6) is 0 Å². The topological polar surface area (TPSA) is 78.9 Å². The highest BCUT2D eigenvalue weighted by molar-refractivity contribution is 5.66. The number of ether oxygens (including phenoxy) is 3. The molecule has 0 radical (unpaired) electrons. The van der Waals surface area contributed by atoms with Crippen LogP contribution in [0.4, 0.5) is 0 Å². The highest BCUT2D eigenvalue weighted by atomic mass is 16.5. The summed E-state index contributed by atoms with van der Waals surface area (Å²) in [5, 5.41) is 0. The number of rotatable bonds is 10. The number of hydrogen-bond donors (Lipinski definition) is 0. The van der Waals surface area contributed by atoms with E-state index in [0.717, 1.165) is 12.8 Å². The van der Waals surface area contributed by atoms with E-state index in [-0.39, 0.29) is 24.0 Å². The Kier molecular flexibility index (Phi) is 10.4.